The first kappa shape index (κ1) is 14.2. The van der Waals surface area contributed by atoms with Crippen molar-refractivity contribution in [1.29, 1.82) is 0 Å². The fourth-order valence-electron chi connectivity index (χ4n) is 1.25. The molecule has 0 aliphatic rings. The molecule has 98 valence electrons. The molecule has 2 N–H and O–H groups in total. The molecule has 0 radical (unpaired) electrons. The summed E-state index contributed by atoms with van der Waals surface area (Å²) in [4.78, 5) is 25.4. The van der Waals surface area contributed by atoms with Crippen LogP contribution in [-0.2, 0) is 9.47 Å². The van der Waals surface area contributed by atoms with Crippen molar-refractivity contribution in [3.05, 3.63) is 21.8 Å². The number of rotatable bonds is 4. The average Bonchev–Trinajstić information content (AvgIpc) is 2.29. The minimum Gasteiger partial charge on any atom is -0.494 e. The first-order chi connectivity index (χ1) is 8.51. The van der Waals surface area contributed by atoms with Crippen molar-refractivity contribution in [3.63, 3.8) is 0 Å². The second-order valence-electron chi connectivity index (χ2n) is 3.22. The van der Waals surface area contributed by atoms with Crippen LogP contribution in [0.15, 0.2) is 6.07 Å². The van der Waals surface area contributed by atoms with Gasteiger partial charge in [-0.15, -0.1) is 0 Å². The van der Waals surface area contributed by atoms with Crippen LogP contribution >= 0.6 is 12.2 Å². The van der Waals surface area contributed by atoms with Crippen LogP contribution in [-0.4, -0.2) is 35.2 Å². The van der Waals surface area contributed by atoms with Gasteiger partial charge in [0.1, 0.15) is 10.2 Å². The molecular formula is C11H13NO5S. The van der Waals surface area contributed by atoms with Gasteiger partial charge in [-0.2, -0.15) is 0 Å². The molecule has 1 rings (SSSR count). The molecule has 0 bridgehead atoms. The van der Waals surface area contributed by atoms with Crippen molar-refractivity contribution < 1.29 is 24.2 Å². The molecule has 18 heavy (non-hydrogen) atoms. The molecule has 0 aliphatic heterocycles. The van der Waals surface area contributed by atoms with Crippen molar-refractivity contribution >= 4 is 24.2 Å². The number of H-pyrrole nitrogens is 1. The quantitative estimate of drug-likeness (QED) is 0.641. The summed E-state index contributed by atoms with van der Waals surface area (Å²) in [5.41, 5.74) is -0.152. The van der Waals surface area contributed by atoms with E-state index in [9.17, 15) is 14.7 Å². The van der Waals surface area contributed by atoms with Crippen molar-refractivity contribution in [2.75, 3.05) is 13.2 Å². The topological polar surface area (TPSA) is 88.6 Å². The van der Waals surface area contributed by atoms with E-state index in [0.29, 0.717) is 0 Å². The lowest BCUT2D eigenvalue weighted by Crippen LogP contribution is -2.11. The summed E-state index contributed by atoms with van der Waals surface area (Å²) in [6.45, 7) is 3.62. The Morgan fingerprint density at radius 3 is 2.22 bits per heavy atom. The summed E-state index contributed by atoms with van der Waals surface area (Å²) in [6.07, 6.45) is 0. The zero-order valence-electron chi connectivity index (χ0n) is 9.98. The molecule has 0 fully saturated rings. The molecule has 0 saturated carbocycles. The van der Waals surface area contributed by atoms with Crippen molar-refractivity contribution in [2.24, 2.45) is 0 Å². The van der Waals surface area contributed by atoms with Gasteiger partial charge in [0.05, 0.1) is 18.8 Å². The molecule has 0 atom stereocenters. The lowest BCUT2D eigenvalue weighted by molar-refractivity contribution is 0.0521. The highest BCUT2D eigenvalue weighted by atomic mass is 32.1. The van der Waals surface area contributed by atoms with Crippen molar-refractivity contribution in [2.45, 2.75) is 13.8 Å². The Morgan fingerprint density at radius 2 is 1.72 bits per heavy atom. The third-order valence-electron chi connectivity index (χ3n) is 2.01. The minimum atomic E-state index is -0.744. The Balaban J connectivity index is 3.22. The summed E-state index contributed by atoms with van der Waals surface area (Å²) in [5.74, 6) is -1.84. The molecule has 1 aromatic rings. The largest absolute Gasteiger partial charge is 0.494 e. The first-order valence-electron chi connectivity index (χ1n) is 5.31. The van der Waals surface area contributed by atoms with Gasteiger partial charge >= 0.3 is 11.9 Å². The number of nitrogens with one attached hydrogen (secondary N) is 1. The molecule has 0 unspecified atom stereocenters. The van der Waals surface area contributed by atoms with E-state index in [1.165, 1.54) is 0 Å². The molecular weight excluding hydrogens is 258 g/mol. The lowest BCUT2D eigenvalue weighted by Gasteiger charge is -2.07. The second-order valence-corrected chi connectivity index (χ2v) is 3.62. The van der Waals surface area contributed by atoms with E-state index in [4.69, 9.17) is 21.7 Å². The minimum absolute atomic E-state index is 0.000927. The number of carbonyl (C=O) groups excluding carboxylic acids is 2. The first-order valence-corrected chi connectivity index (χ1v) is 5.72. The summed E-state index contributed by atoms with van der Waals surface area (Å²) < 4.78 is 9.52. The van der Waals surface area contributed by atoms with Gasteiger partial charge in [-0.05, 0) is 19.9 Å². The van der Waals surface area contributed by atoms with Gasteiger partial charge < -0.3 is 19.6 Å². The number of aromatic nitrogens is 1. The van der Waals surface area contributed by atoms with Gasteiger partial charge in [0.15, 0.2) is 0 Å². The third-order valence-corrected chi connectivity index (χ3v) is 2.33. The Labute approximate surface area is 109 Å². The maximum atomic E-state index is 11.6. The van der Waals surface area contributed by atoms with E-state index >= 15 is 0 Å². The molecule has 0 amide bonds. The monoisotopic (exact) mass is 271 g/mol. The van der Waals surface area contributed by atoms with Crippen LogP contribution < -0.4 is 0 Å². The maximum absolute atomic E-state index is 11.6. The van der Waals surface area contributed by atoms with Crippen LogP contribution in [0.1, 0.15) is 34.6 Å². The summed E-state index contributed by atoms with van der Waals surface area (Å²) in [5, 5.41) is 9.55. The van der Waals surface area contributed by atoms with Crippen LogP contribution in [0.3, 0.4) is 0 Å². The fourth-order valence-corrected chi connectivity index (χ4v) is 1.48. The van der Waals surface area contributed by atoms with Crippen molar-refractivity contribution in [3.8, 4) is 5.88 Å². The predicted octanol–water partition coefficient (Wildman–Crippen LogP) is 1.80. The smallest absolute Gasteiger partial charge is 0.343 e. The van der Waals surface area contributed by atoms with Crippen molar-refractivity contribution in [1.82, 2.24) is 4.98 Å². The van der Waals surface area contributed by atoms with Crippen LogP contribution in [0.25, 0.3) is 0 Å². The molecule has 0 saturated heterocycles. The Hall–Kier alpha value is -1.89. The van der Waals surface area contributed by atoms with E-state index in [0.717, 1.165) is 6.07 Å². The average molecular weight is 271 g/mol. The van der Waals surface area contributed by atoms with E-state index in [1.54, 1.807) is 13.8 Å². The van der Waals surface area contributed by atoms with E-state index < -0.39 is 17.8 Å². The number of pyridine rings is 1. The SMILES string of the molecule is CCOC(=O)c1cc(C(=O)OCC)c(=S)[nH]c1O. The summed E-state index contributed by atoms with van der Waals surface area (Å²) in [7, 11) is 0. The van der Waals surface area contributed by atoms with Gasteiger partial charge in [0.25, 0.3) is 0 Å². The van der Waals surface area contributed by atoms with E-state index in [1.807, 2.05) is 0 Å². The van der Waals surface area contributed by atoms with Crippen LogP contribution in [0.4, 0.5) is 0 Å². The highest BCUT2D eigenvalue weighted by Crippen LogP contribution is 2.18. The molecule has 0 aliphatic carbocycles. The number of hydrogen-bond donors (Lipinski definition) is 2. The number of carbonyl (C=O) groups is 2. The Bertz CT molecular complexity index is 523. The highest BCUT2D eigenvalue weighted by molar-refractivity contribution is 7.71. The second kappa shape index (κ2) is 6.15. The maximum Gasteiger partial charge on any atom is 0.343 e. The van der Waals surface area contributed by atoms with Gasteiger partial charge in [-0.25, -0.2) is 9.59 Å². The zero-order valence-corrected chi connectivity index (χ0v) is 10.8. The standard InChI is InChI=1S/C11H13NO5S/c1-3-16-10(14)6-5-7(11(15)17-4-2)9(18)12-8(6)13/h5H,3-4H2,1-2H3,(H2,12,13,18). The predicted molar refractivity (Wildman–Crippen MR) is 65.2 cm³/mol. The Morgan fingerprint density at radius 1 is 1.22 bits per heavy atom. The van der Waals surface area contributed by atoms with Crippen LogP contribution in [0, 0.1) is 4.64 Å². The number of ether oxygens (including phenoxy) is 2. The molecule has 1 aromatic heterocycles. The number of hydrogen-bond acceptors (Lipinski definition) is 6. The van der Waals surface area contributed by atoms with Gasteiger partial charge in [0.2, 0.25) is 5.88 Å². The van der Waals surface area contributed by atoms with E-state index in [-0.39, 0.29) is 29.0 Å². The molecule has 0 spiro atoms. The van der Waals surface area contributed by atoms with Crippen LogP contribution in [0.5, 0.6) is 5.88 Å². The molecule has 6 nitrogen and oxygen atoms in total. The summed E-state index contributed by atoms with van der Waals surface area (Å²) >= 11 is 4.87. The Kier molecular flexibility index (Phi) is 4.85. The fraction of sp³-hybridized carbons (Fsp3) is 0.364. The lowest BCUT2D eigenvalue weighted by atomic mass is 10.2. The normalized spacial score (nSPS) is 9.89. The number of aromatic amines is 1. The third kappa shape index (κ3) is 3.07. The van der Waals surface area contributed by atoms with Gasteiger partial charge in [-0.1, -0.05) is 12.2 Å². The van der Waals surface area contributed by atoms with Crippen LogP contribution in [0.2, 0.25) is 0 Å². The summed E-state index contributed by atoms with van der Waals surface area (Å²) in [6, 6.07) is 1.16. The number of aromatic hydroxyl groups is 1. The molecule has 7 heteroatoms. The zero-order chi connectivity index (χ0) is 13.7. The van der Waals surface area contributed by atoms with E-state index in [2.05, 4.69) is 4.98 Å². The number of esters is 2. The van der Waals surface area contributed by atoms with Gasteiger partial charge in [-0.3, -0.25) is 0 Å². The van der Waals surface area contributed by atoms with Gasteiger partial charge in [0, 0.05) is 0 Å². The molecule has 0 aromatic carbocycles. The molecule has 1 heterocycles. The highest BCUT2D eigenvalue weighted by Gasteiger charge is 2.18.